The lowest BCUT2D eigenvalue weighted by molar-refractivity contribution is 0.0697. The summed E-state index contributed by atoms with van der Waals surface area (Å²) in [7, 11) is 0. The second-order valence-electron chi connectivity index (χ2n) is 3.45. The van der Waals surface area contributed by atoms with Crippen LogP contribution in [0.25, 0.3) is 5.69 Å². The molecule has 1 aromatic carbocycles. The fraction of sp³-hybridized carbons (Fsp3) is 0.182. The third kappa shape index (κ3) is 1.56. The molecule has 1 aromatic heterocycles. The number of aryl methyl sites for hydroxylation is 2. The Hall–Kier alpha value is -2.17. The topological polar surface area (TPSA) is 68.0 Å². The van der Waals surface area contributed by atoms with E-state index in [-0.39, 0.29) is 5.56 Å². The van der Waals surface area contributed by atoms with Gasteiger partial charge >= 0.3 is 5.97 Å². The minimum Gasteiger partial charge on any atom is -0.478 e. The Kier molecular flexibility index (Phi) is 2.44. The molecule has 0 saturated carbocycles. The van der Waals surface area contributed by atoms with E-state index in [0.717, 1.165) is 0 Å². The molecule has 82 valence electrons. The van der Waals surface area contributed by atoms with Crippen molar-refractivity contribution < 1.29 is 9.90 Å². The molecule has 0 atom stereocenters. The van der Waals surface area contributed by atoms with Crippen LogP contribution in [0.3, 0.4) is 0 Å². The number of carboxylic acids is 1. The van der Waals surface area contributed by atoms with Crippen LogP contribution in [0.4, 0.5) is 0 Å². The smallest absolute Gasteiger partial charge is 0.337 e. The highest BCUT2D eigenvalue weighted by Gasteiger charge is 2.14. The Morgan fingerprint density at radius 2 is 1.75 bits per heavy atom. The predicted molar refractivity (Wildman–Crippen MR) is 57.8 cm³/mol. The van der Waals surface area contributed by atoms with Crippen molar-refractivity contribution in [1.29, 1.82) is 0 Å². The van der Waals surface area contributed by atoms with Gasteiger partial charge in [0.1, 0.15) is 11.6 Å². The highest BCUT2D eigenvalue weighted by atomic mass is 16.4. The van der Waals surface area contributed by atoms with Crippen LogP contribution in [0.2, 0.25) is 0 Å². The molecule has 0 amide bonds. The van der Waals surface area contributed by atoms with Crippen LogP contribution >= 0.6 is 0 Å². The van der Waals surface area contributed by atoms with Crippen LogP contribution in [0.15, 0.2) is 24.3 Å². The van der Waals surface area contributed by atoms with Crippen molar-refractivity contribution in [3.05, 3.63) is 41.5 Å². The Bertz CT molecular complexity index is 526. The predicted octanol–water partition coefficient (Wildman–Crippen LogP) is 1.58. The first-order chi connectivity index (χ1) is 7.61. The van der Waals surface area contributed by atoms with E-state index in [1.807, 2.05) is 0 Å². The van der Waals surface area contributed by atoms with Gasteiger partial charge in [0, 0.05) is 0 Å². The summed E-state index contributed by atoms with van der Waals surface area (Å²) in [5, 5.41) is 16.9. The molecule has 5 nitrogen and oxygen atoms in total. The number of rotatable bonds is 2. The summed E-state index contributed by atoms with van der Waals surface area (Å²) in [6, 6.07) is 6.80. The molecule has 0 saturated heterocycles. The van der Waals surface area contributed by atoms with Gasteiger partial charge in [-0.15, -0.1) is 10.2 Å². The monoisotopic (exact) mass is 217 g/mol. The summed E-state index contributed by atoms with van der Waals surface area (Å²) in [5.41, 5.74) is 0.837. The first-order valence-electron chi connectivity index (χ1n) is 4.82. The molecule has 2 rings (SSSR count). The Morgan fingerprint density at radius 3 is 2.31 bits per heavy atom. The lowest BCUT2D eigenvalue weighted by Crippen LogP contribution is -2.07. The van der Waals surface area contributed by atoms with Crippen molar-refractivity contribution in [3.63, 3.8) is 0 Å². The van der Waals surface area contributed by atoms with Gasteiger partial charge in [-0.25, -0.2) is 4.79 Å². The summed E-state index contributed by atoms with van der Waals surface area (Å²) in [4.78, 5) is 11.1. The van der Waals surface area contributed by atoms with Gasteiger partial charge in [-0.1, -0.05) is 12.1 Å². The summed E-state index contributed by atoms with van der Waals surface area (Å²) < 4.78 is 1.73. The van der Waals surface area contributed by atoms with E-state index in [1.165, 1.54) is 0 Å². The van der Waals surface area contributed by atoms with Gasteiger partial charge in [0.05, 0.1) is 11.3 Å². The van der Waals surface area contributed by atoms with Crippen LogP contribution < -0.4 is 0 Å². The average molecular weight is 217 g/mol. The molecule has 16 heavy (non-hydrogen) atoms. The average Bonchev–Trinajstić information content (AvgIpc) is 2.58. The molecule has 0 unspecified atom stereocenters. The standard InChI is InChI=1S/C11H11N3O2/c1-7-12-13-8(2)14(7)10-6-4-3-5-9(10)11(15)16/h3-6H,1-2H3,(H,15,16). The normalized spacial score (nSPS) is 10.4. The molecule has 2 aromatic rings. The van der Waals surface area contributed by atoms with E-state index >= 15 is 0 Å². The first kappa shape index (κ1) is 10.4. The lowest BCUT2D eigenvalue weighted by atomic mass is 10.1. The molecular weight excluding hydrogens is 206 g/mol. The van der Waals surface area contributed by atoms with Gasteiger partial charge in [0.25, 0.3) is 0 Å². The first-order valence-corrected chi connectivity index (χ1v) is 4.82. The van der Waals surface area contributed by atoms with Crippen LogP contribution in [0, 0.1) is 13.8 Å². The molecule has 0 bridgehead atoms. The van der Waals surface area contributed by atoms with Crippen molar-refractivity contribution in [3.8, 4) is 5.69 Å². The molecule has 5 heteroatoms. The zero-order chi connectivity index (χ0) is 11.7. The quantitative estimate of drug-likeness (QED) is 0.829. The maximum absolute atomic E-state index is 11.1. The number of carbonyl (C=O) groups is 1. The third-order valence-corrected chi connectivity index (χ3v) is 2.36. The van der Waals surface area contributed by atoms with Crippen LogP contribution in [0.5, 0.6) is 0 Å². The minimum absolute atomic E-state index is 0.244. The van der Waals surface area contributed by atoms with Gasteiger partial charge in [-0.05, 0) is 26.0 Å². The van der Waals surface area contributed by atoms with Crippen molar-refractivity contribution in [2.45, 2.75) is 13.8 Å². The lowest BCUT2D eigenvalue weighted by Gasteiger charge is -2.09. The van der Waals surface area contributed by atoms with Gasteiger partial charge in [-0.3, -0.25) is 4.57 Å². The summed E-state index contributed by atoms with van der Waals surface area (Å²) in [5.74, 6) is 0.389. The van der Waals surface area contributed by atoms with E-state index in [4.69, 9.17) is 5.11 Å². The van der Waals surface area contributed by atoms with Crippen LogP contribution in [-0.2, 0) is 0 Å². The third-order valence-electron chi connectivity index (χ3n) is 2.36. The molecule has 1 heterocycles. The minimum atomic E-state index is -0.955. The number of para-hydroxylation sites is 1. The van der Waals surface area contributed by atoms with Gasteiger partial charge in [0.2, 0.25) is 0 Å². The van der Waals surface area contributed by atoms with E-state index in [2.05, 4.69) is 10.2 Å². The fourth-order valence-electron chi connectivity index (χ4n) is 1.67. The van der Waals surface area contributed by atoms with Crippen molar-refractivity contribution >= 4 is 5.97 Å². The second-order valence-corrected chi connectivity index (χ2v) is 3.45. The number of benzene rings is 1. The largest absolute Gasteiger partial charge is 0.478 e. The van der Waals surface area contributed by atoms with Gasteiger partial charge < -0.3 is 5.11 Å². The molecule has 0 aliphatic carbocycles. The number of aromatic carboxylic acids is 1. The zero-order valence-corrected chi connectivity index (χ0v) is 9.01. The Morgan fingerprint density at radius 1 is 1.19 bits per heavy atom. The van der Waals surface area contributed by atoms with Crippen LogP contribution in [-0.4, -0.2) is 25.8 Å². The van der Waals surface area contributed by atoms with Gasteiger partial charge in [-0.2, -0.15) is 0 Å². The molecule has 0 aliphatic rings. The highest BCUT2D eigenvalue weighted by Crippen LogP contribution is 2.17. The van der Waals surface area contributed by atoms with Crippen LogP contribution in [0.1, 0.15) is 22.0 Å². The van der Waals surface area contributed by atoms with Crippen molar-refractivity contribution in [2.75, 3.05) is 0 Å². The molecule has 0 aliphatic heterocycles. The van der Waals surface area contributed by atoms with E-state index in [0.29, 0.717) is 17.3 Å². The summed E-state index contributed by atoms with van der Waals surface area (Å²) >= 11 is 0. The SMILES string of the molecule is Cc1nnc(C)n1-c1ccccc1C(=O)O. The summed E-state index contributed by atoms with van der Waals surface area (Å²) in [6.45, 7) is 3.58. The number of hydrogen-bond acceptors (Lipinski definition) is 3. The molecule has 1 N–H and O–H groups in total. The highest BCUT2D eigenvalue weighted by molar-refractivity contribution is 5.92. The molecular formula is C11H11N3O2. The number of hydrogen-bond donors (Lipinski definition) is 1. The maximum Gasteiger partial charge on any atom is 0.337 e. The van der Waals surface area contributed by atoms with Crippen molar-refractivity contribution in [1.82, 2.24) is 14.8 Å². The zero-order valence-electron chi connectivity index (χ0n) is 9.01. The molecule has 0 radical (unpaired) electrons. The fourth-order valence-corrected chi connectivity index (χ4v) is 1.67. The number of aromatic nitrogens is 3. The Balaban J connectivity index is 2.69. The molecule has 0 fully saturated rings. The van der Waals surface area contributed by atoms with E-state index in [9.17, 15) is 4.79 Å². The molecule has 0 spiro atoms. The van der Waals surface area contributed by atoms with E-state index < -0.39 is 5.97 Å². The van der Waals surface area contributed by atoms with Gasteiger partial charge in [0.15, 0.2) is 0 Å². The summed E-state index contributed by atoms with van der Waals surface area (Å²) in [6.07, 6.45) is 0. The van der Waals surface area contributed by atoms with Crippen molar-refractivity contribution in [2.24, 2.45) is 0 Å². The second kappa shape index (κ2) is 3.77. The number of nitrogens with zero attached hydrogens (tertiary/aromatic N) is 3. The maximum atomic E-state index is 11.1. The number of carboxylic acid groups (broad SMARTS) is 1. The Labute approximate surface area is 92.4 Å². The van der Waals surface area contributed by atoms with E-state index in [1.54, 1.807) is 42.7 Å².